The monoisotopic (exact) mass is 353 g/mol. The summed E-state index contributed by atoms with van der Waals surface area (Å²) in [5.74, 6) is 0.654. The second-order valence-electron chi connectivity index (χ2n) is 6.06. The number of anilines is 1. The molecule has 1 amide bonds. The van der Waals surface area contributed by atoms with Crippen molar-refractivity contribution < 1.29 is 18.7 Å². The first-order chi connectivity index (χ1) is 12.4. The molecule has 1 N–H and O–H groups in total. The number of hydrogen-bond donors (Lipinski definition) is 1. The fourth-order valence-corrected chi connectivity index (χ4v) is 3.08. The number of amides is 1. The molecule has 0 spiro atoms. The molecule has 0 radical (unpaired) electrons. The van der Waals surface area contributed by atoms with Crippen molar-refractivity contribution in [1.82, 2.24) is 0 Å². The molecule has 0 aliphatic carbocycles. The van der Waals surface area contributed by atoms with Gasteiger partial charge < -0.3 is 10.0 Å². The highest BCUT2D eigenvalue weighted by atomic mass is 19.3. The largest absolute Gasteiger partial charge is 0.389 e. The number of aliphatic hydroxyl groups excluding tert-OH is 1. The second kappa shape index (κ2) is 6.74. The number of alkyl halides is 2. The molecule has 0 aromatic heterocycles. The number of hydrogen-bond acceptors (Lipinski definition) is 2. The molecule has 2 aromatic carbocycles. The van der Waals surface area contributed by atoms with E-state index in [1.807, 2.05) is 0 Å². The number of carbonyl (C=O) groups excluding carboxylic acids is 1. The molecule has 3 rings (SSSR count). The molecule has 0 unspecified atom stereocenters. The van der Waals surface area contributed by atoms with Gasteiger partial charge in [0.2, 0.25) is 0 Å². The molecule has 2 aromatic rings. The third-order valence-electron chi connectivity index (χ3n) is 4.23. The first-order valence-electron chi connectivity index (χ1n) is 8.09. The second-order valence-corrected chi connectivity index (χ2v) is 6.06. The van der Waals surface area contributed by atoms with Crippen LogP contribution in [-0.4, -0.2) is 11.0 Å². The smallest absolute Gasteiger partial charge is 0.352 e. The summed E-state index contributed by atoms with van der Waals surface area (Å²) < 4.78 is 29.2. The molecule has 1 heterocycles. The van der Waals surface area contributed by atoms with Gasteiger partial charge in [0, 0.05) is 5.56 Å². The zero-order chi connectivity index (χ0) is 18.9. The standard InChI is InChI=1S/C21H17F2NO2/c1-3-4-7-15-8-5-9-16(12-15)13-24-18-11-6-10-17(14(2)25)19(18)21(22,23)20(24)26/h3,5-6,8-12,14,25H,1,13H2,2H3/t14-/m0/s1. The molecule has 1 aliphatic heterocycles. The number of allylic oxidation sites excluding steroid dienone is 1. The summed E-state index contributed by atoms with van der Waals surface area (Å²) in [5, 5.41) is 9.81. The van der Waals surface area contributed by atoms with Gasteiger partial charge in [-0.05, 0) is 42.3 Å². The fraction of sp³-hybridized carbons (Fsp3) is 0.190. The summed E-state index contributed by atoms with van der Waals surface area (Å²) in [5.41, 5.74) is 1.16. The van der Waals surface area contributed by atoms with E-state index in [1.54, 1.807) is 30.3 Å². The Bertz CT molecular complexity index is 939. The van der Waals surface area contributed by atoms with E-state index in [0.717, 1.165) is 4.90 Å². The lowest BCUT2D eigenvalue weighted by atomic mass is 9.98. The third kappa shape index (κ3) is 3.00. The van der Waals surface area contributed by atoms with Crippen molar-refractivity contribution in [3.8, 4) is 11.8 Å². The van der Waals surface area contributed by atoms with E-state index in [9.17, 15) is 18.7 Å². The first-order valence-corrected chi connectivity index (χ1v) is 8.09. The lowest BCUT2D eigenvalue weighted by Gasteiger charge is -2.18. The van der Waals surface area contributed by atoms with E-state index in [2.05, 4.69) is 18.4 Å². The van der Waals surface area contributed by atoms with Gasteiger partial charge in [-0.15, -0.1) is 0 Å². The van der Waals surface area contributed by atoms with Crippen molar-refractivity contribution in [3.63, 3.8) is 0 Å². The van der Waals surface area contributed by atoms with Crippen LogP contribution in [0.25, 0.3) is 0 Å². The Labute approximate surface area is 150 Å². The Morgan fingerprint density at radius 3 is 2.73 bits per heavy atom. The average Bonchev–Trinajstić information content (AvgIpc) is 2.81. The lowest BCUT2D eigenvalue weighted by Crippen LogP contribution is -2.34. The van der Waals surface area contributed by atoms with Crippen LogP contribution in [0.15, 0.2) is 55.1 Å². The number of carbonyl (C=O) groups is 1. The maximum atomic E-state index is 14.6. The summed E-state index contributed by atoms with van der Waals surface area (Å²) in [6.45, 7) is 4.92. The first kappa shape index (κ1) is 17.8. The summed E-state index contributed by atoms with van der Waals surface area (Å²) >= 11 is 0. The molecule has 1 aliphatic rings. The van der Waals surface area contributed by atoms with E-state index in [0.29, 0.717) is 11.1 Å². The zero-order valence-electron chi connectivity index (χ0n) is 14.2. The van der Waals surface area contributed by atoms with Crippen LogP contribution >= 0.6 is 0 Å². The summed E-state index contributed by atoms with van der Waals surface area (Å²) in [6, 6.07) is 11.5. The normalized spacial score (nSPS) is 15.8. The molecule has 1 atom stereocenters. The van der Waals surface area contributed by atoms with Gasteiger partial charge in [-0.2, -0.15) is 8.78 Å². The van der Waals surface area contributed by atoms with E-state index >= 15 is 0 Å². The lowest BCUT2D eigenvalue weighted by molar-refractivity contribution is -0.141. The Hall–Kier alpha value is -2.97. The number of fused-ring (bicyclic) bond motifs is 1. The van der Waals surface area contributed by atoms with Crippen LogP contribution in [0.1, 0.15) is 35.3 Å². The molecule has 0 bridgehead atoms. The minimum Gasteiger partial charge on any atom is -0.389 e. The molecule has 0 saturated heterocycles. The van der Waals surface area contributed by atoms with Crippen LogP contribution in [0, 0.1) is 11.8 Å². The third-order valence-corrected chi connectivity index (χ3v) is 4.23. The fourth-order valence-electron chi connectivity index (χ4n) is 3.08. The quantitative estimate of drug-likeness (QED) is 0.850. The predicted octanol–water partition coefficient (Wildman–Crippen LogP) is 3.92. The van der Waals surface area contributed by atoms with E-state index < -0.39 is 23.5 Å². The van der Waals surface area contributed by atoms with Crippen molar-refractivity contribution in [2.45, 2.75) is 25.5 Å². The van der Waals surface area contributed by atoms with Crippen molar-refractivity contribution in [2.24, 2.45) is 0 Å². The number of benzene rings is 2. The molecule has 132 valence electrons. The van der Waals surface area contributed by atoms with Gasteiger partial charge in [-0.25, -0.2) is 0 Å². The van der Waals surface area contributed by atoms with Crippen LogP contribution in [0.4, 0.5) is 14.5 Å². The zero-order valence-corrected chi connectivity index (χ0v) is 14.2. The number of nitrogens with zero attached hydrogens (tertiary/aromatic N) is 1. The van der Waals surface area contributed by atoms with Crippen molar-refractivity contribution >= 4 is 11.6 Å². The van der Waals surface area contributed by atoms with Gasteiger partial charge in [0.05, 0.1) is 23.9 Å². The minimum absolute atomic E-state index is 0.00566. The maximum absolute atomic E-state index is 14.6. The van der Waals surface area contributed by atoms with Gasteiger partial charge in [-0.3, -0.25) is 4.79 Å². The summed E-state index contributed by atoms with van der Waals surface area (Å²) in [7, 11) is 0. The van der Waals surface area contributed by atoms with Crippen LogP contribution < -0.4 is 4.90 Å². The number of halogens is 2. The number of aliphatic hydroxyl groups is 1. The SMILES string of the molecule is C=CC#Cc1cccc(CN2C(=O)C(F)(F)c3c([C@H](C)O)cccc32)c1. The molecular weight excluding hydrogens is 336 g/mol. The molecule has 0 fully saturated rings. The van der Waals surface area contributed by atoms with E-state index in [4.69, 9.17) is 0 Å². The van der Waals surface area contributed by atoms with E-state index in [-0.39, 0.29) is 17.8 Å². The molecular formula is C21H17F2NO2. The van der Waals surface area contributed by atoms with Gasteiger partial charge in [0.25, 0.3) is 0 Å². The summed E-state index contributed by atoms with van der Waals surface area (Å²) in [4.78, 5) is 13.4. The van der Waals surface area contributed by atoms with Crippen LogP contribution in [0.5, 0.6) is 0 Å². The molecule has 5 heteroatoms. The van der Waals surface area contributed by atoms with Crippen molar-refractivity contribution in [1.29, 1.82) is 0 Å². The summed E-state index contributed by atoms with van der Waals surface area (Å²) in [6.07, 6.45) is 0.367. The Balaban J connectivity index is 2.02. The van der Waals surface area contributed by atoms with Crippen molar-refractivity contribution in [2.75, 3.05) is 4.90 Å². The van der Waals surface area contributed by atoms with Crippen molar-refractivity contribution in [3.05, 3.63) is 77.4 Å². The maximum Gasteiger partial charge on any atom is 0.352 e. The average molecular weight is 353 g/mol. The highest BCUT2D eigenvalue weighted by Gasteiger charge is 2.54. The van der Waals surface area contributed by atoms with E-state index in [1.165, 1.54) is 25.1 Å². The highest BCUT2D eigenvalue weighted by molar-refractivity contribution is 6.06. The highest BCUT2D eigenvalue weighted by Crippen LogP contribution is 2.47. The minimum atomic E-state index is -3.66. The molecule has 0 saturated carbocycles. The molecule has 3 nitrogen and oxygen atoms in total. The predicted molar refractivity (Wildman–Crippen MR) is 95.7 cm³/mol. The topological polar surface area (TPSA) is 40.5 Å². The Morgan fingerprint density at radius 1 is 1.31 bits per heavy atom. The van der Waals surface area contributed by atoms with Crippen LogP contribution in [0.2, 0.25) is 0 Å². The van der Waals surface area contributed by atoms with Gasteiger partial charge in [-0.1, -0.05) is 42.7 Å². The molecule has 26 heavy (non-hydrogen) atoms. The number of rotatable bonds is 3. The Kier molecular flexibility index (Phi) is 4.62. The van der Waals surface area contributed by atoms with Crippen LogP contribution in [0.3, 0.4) is 0 Å². The van der Waals surface area contributed by atoms with Gasteiger partial charge in [0.15, 0.2) is 0 Å². The van der Waals surface area contributed by atoms with Crippen LogP contribution in [-0.2, 0) is 17.3 Å². The van der Waals surface area contributed by atoms with Gasteiger partial charge in [0.1, 0.15) is 0 Å². The Morgan fingerprint density at radius 2 is 2.04 bits per heavy atom. The van der Waals surface area contributed by atoms with Gasteiger partial charge >= 0.3 is 11.8 Å².